The number of carboxylic acid groups (broad SMARTS) is 1. The minimum absolute atomic E-state index is 0.211. The van der Waals surface area contributed by atoms with E-state index >= 15 is 0 Å². The molecule has 0 radical (unpaired) electrons. The van der Waals surface area contributed by atoms with Gasteiger partial charge in [0.05, 0.1) is 10.9 Å². The maximum atomic E-state index is 13.2. The lowest BCUT2D eigenvalue weighted by Gasteiger charge is -2.36. The first-order valence-corrected chi connectivity index (χ1v) is 9.24. The van der Waals surface area contributed by atoms with Crippen LogP contribution < -0.4 is 0 Å². The summed E-state index contributed by atoms with van der Waals surface area (Å²) >= 11 is 0. The van der Waals surface area contributed by atoms with E-state index in [9.17, 15) is 22.7 Å². The summed E-state index contributed by atoms with van der Waals surface area (Å²) in [6.07, 6.45) is 0.503. The van der Waals surface area contributed by atoms with Gasteiger partial charge in [0.15, 0.2) is 9.84 Å². The second-order valence-corrected chi connectivity index (χ2v) is 7.83. The summed E-state index contributed by atoms with van der Waals surface area (Å²) < 4.78 is 36.7. The van der Waals surface area contributed by atoms with E-state index in [1.165, 1.54) is 23.1 Å². The van der Waals surface area contributed by atoms with E-state index in [-0.39, 0.29) is 11.4 Å². The van der Waals surface area contributed by atoms with Crippen LogP contribution in [0, 0.1) is 5.82 Å². The van der Waals surface area contributed by atoms with Crippen LogP contribution in [-0.2, 0) is 16.3 Å². The first kappa shape index (κ1) is 16.4. The summed E-state index contributed by atoms with van der Waals surface area (Å²) in [5, 5.41) is 9.49. The van der Waals surface area contributed by atoms with Crippen LogP contribution in [0.25, 0.3) is 0 Å². The third-order valence-electron chi connectivity index (χ3n) is 4.20. The van der Waals surface area contributed by atoms with E-state index in [1.54, 1.807) is 24.3 Å². The Morgan fingerprint density at radius 1 is 1.21 bits per heavy atom. The normalized spacial score (nSPS) is 17.4. The number of fused-ring (bicyclic) bond motifs is 1. The predicted molar refractivity (Wildman–Crippen MR) is 86.2 cm³/mol. The van der Waals surface area contributed by atoms with Crippen LogP contribution >= 0.6 is 0 Å². The van der Waals surface area contributed by atoms with Gasteiger partial charge in [0.2, 0.25) is 0 Å². The molecule has 1 unspecified atom stereocenters. The van der Waals surface area contributed by atoms with Crippen molar-refractivity contribution in [2.45, 2.75) is 17.4 Å². The number of nitrogens with zero attached hydrogens (tertiary/aromatic N) is 1. The average molecular weight is 349 g/mol. The van der Waals surface area contributed by atoms with Crippen LogP contribution in [0.3, 0.4) is 0 Å². The maximum absolute atomic E-state index is 13.2. The quantitative estimate of drug-likeness (QED) is 0.905. The van der Waals surface area contributed by atoms with Gasteiger partial charge in [0, 0.05) is 12.8 Å². The van der Waals surface area contributed by atoms with Crippen molar-refractivity contribution < 1.29 is 22.7 Å². The molecule has 0 spiro atoms. The molecule has 0 aromatic heterocycles. The van der Waals surface area contributed by atoms with Crippen LogP contribution in [0.1, 0.15) is 22.7 Å². The molecule has 126 valence electrons. The number of halogens is 1. The minimum Gasteiger partial charge on any atom is -0.465 e. The molecule has 0 fully saturated rings. The van der Waals surface area contributed by atoms with Gasteiger partial charge in [-0.1, -0.05) is 18.2 Å². The summed E-state index contributed by atoms with van der Waals surface area (Å²) in [5.74, 6) is -0.399. The van der Waals surface area contributed by atoms with E-state index in [2.05, 4.69) is 0 Å². The van der Waals surface area contributed by atoms with Crippen molar-refractivity contribution in [1.82, 2.24) is 4.90 Å². The lowest BCUT2D eigenvalue weighted by atomic mass is 9.88. The van der Waals surface area contributed by atoms with E-state index < -0.39 is 27.8 Å². The largest absolute Gasteiger partial charge is 0.465 e. The Balaban J connectivity index is 2.14. The molecule has 1 amide bonds. The molecule has 24 heavy (non-hydrogen) atoms. The van der Waals surface area contributed by atoms with Crippen molar-refractivity contribution in [1.29, 1.82) is 0 Å². The zero-order valence-corrected chi connectivity index (χ0v) is 13.8. The van der Waals surface area contributed by atoms with Crippen LogP contribution in [0.5, 0.6) is 0 Å². The standard InChI is InChI=1S/C17H16FNO4S/c1-24(22,23)14-6-7-15-12(10-14)8-9-19(17(20)21)16(15)11-2-4-13(18)5-3-11/h2-7,10,16H,8-9H2,1H3,(H,20,21). The van der Waals surface area contributed by atoms with Crippen molar-refractivity contribution >= 4 is 15.9 Å². The molecular weight excluding hydrogens is 333 g/mol. The zero-order chi connectivity index (χ0) is 17.5. The minimum atomic E-state index is -3.33. The van der Waals surface area contributed by atoms with E-state index in [0.29, 0.717) is 12.0 Å². The summed E-state index contributed by atoms with van der Waals surface area (Å²) in [4.78, 5) is 13.1. The third-order valence-corrected chi connectivity index (χ3v) is 5.31. The molecule has 0 bridgehead atoms. The van der Waals surface area contributed by atoms with Gasteiger partial charge in [-0.05, 0) is 47.4 Å². The fourth-order valence-electron chi connectivity index (χ4n) is 3.04. The summed E-state index contributed by atoms with van der Waals surface area (Å²) in [6.45, 7) is 0.248. The van der Waals surface area contributed by atoms with Gasteiger partial charge < -0.3 is 5.11 Å². The average Bonchev–Trinajstić information content (AvgIpc) is 2.53. The molecule has 0 saturated heterocycles. The zero-order valence-electron chi connectivity index (χ0n) is 12.9. The molecule has 2 aromatic carbocycles. The Labute approximate surface area is 139 Å². The molecule has 0 saturated carbocycles. The highest BCUT2D eigenvalue weighted by atomic mass is 32.2. The fourth-order valence-corrected chi connectivity index (χ4v) is 3.72. The lowest BCUT2D eigenvalue weighted by Crippen LogP contribution is -2.39. The molecule has 1 aliphatic heterocycles. The Morgan fingerprint density at radius 2 is 1.88 bits per heavy atom. The van der Waals surface area contributed by atoms with Crippen LogP contribution in [-0.4, -0.2) is 37.3 Å². The maximum Gasteiger partial charge on any atom is 0.408 e. The fraction of sp³-hybridized carbons (Fsp3) is 0.235. The highest BCUT2D eigenvalue weighted by Crippen LogP contribution is 2.36. The van der Waals surface area contributed by atoms with E-state index in [4.69, 9.17) is 0 Å². The molecular formula is C17H16FNO4S. The Kier molecular flexibility index (Phi) is 4.04. The second kappa shape index (κ2) is 5.90. The van der Waals surface area contributed by atoms with E-state index in [0.717, 1.165) is 17.4 Å². The van der Waals surface area contributed by atoms with Crippen LogP contribution in [0.4, 0.5) is 9.18 Å². The molecule has 1 N–H and O–H groups in total. The molecule has 2 aromatic rings. The van der Waals surface area contributed by atoms with Crippen molar-refractivity contribution in [3.8, 4) is 0 Å². The number of hydrogen-bond donors (Lipinski definition) is 1. The smallest absolute Gasteiger partial charge is 0.408 e. The summed E-state index contributed by atoms with van der Waals surface area (Å²) in [6, 6.07) is 9.82. The monoisotopic (exact) mass is 349 g/mol. The van der Waals surface area contributed by atoms with Gasteiger partial charge in [0.25, 0.3) is 0 Å². The van der Waals surface area contributed by atoms with Crippen molar-refractivity contribution in [2.24, 2.45) is 0 Å². The number of carbonyl (C=O) groups is 1. The van der Waals surface area contributed by atoms with Gasteiger partial charge in [-0.2, -0.15) is 0 Å². The summed E-state index contributed by atoms with van der Waals surface area (Å²) in [5.41, 5.74) is 2.17. The van der Waals surface area contributed by atoms with Gasteiger partial charge in [0.1, 0.15) is 5.82 Å². The van der Waals surface area contributed by atoms with Gasteiger partial charge in [-0.25, -0.2) is 17.6 Å². The Bertz CT molecular complexity index is 893. The highest BCUT2D eigenvalue weighted by Gasteiger charge is 2.32. The van der Waals surface area contributed by atoms with Crippen molar-refractivity contribution in [3.63, 3.8) is 0 Å². The number of rotatable bonds is 2. The second-order valence-electron chi connectivity index (χ2n) is 5.81. The van der Waals surface area contributed by atoms with Crippen LogP contribution in [0.15, 0.2) is 47.4 Å². The molecule has 5 nitrogen and oxygen atoms in total. The molecule has 1 aliphatic rings. The molecule has 1 heterocycles. The number of amides is 1. The van der Waals surface area contributed by atoms with Gasteiger partial charge in [-0.3, -0.25) is 4.90 Å². The van der Waals surface area contributed by atoms with Gasteiger partial charge >= 0.3 is 6.09 Å². The Morgan fingerprint density at radius 3 is 2.46 bits per heavy atom. The molecule has 0 aliphatic carbocycles. The van der Waals surface area contributed by atoms with Crippen molar-refractivity contribution in [2.75, 3.05) is 12.8 Å². The highest BCUT2D eigenvalue weighted by molar-refractivity contribution is 7.90. The molecule has 3 rings (SSSR count). The lowest BCUT2D eigenvalue weighted by molar-refractivity contribution is 0.129. The van der Waals surface area contributed by atoms with Crippen LogP contribution in [0.2, 0.25) is 0 Å². The SMILES string of the molecule is CS(=O)(=O)c1ccc2c(c1)CCN(C(=O)O)C2c1ccc(F)cc1. The van der Waals surface area contributed by atoms with Crippen molar-refractivity contribution in [3.05, 3.63) is 65.0 Å². The first-order chi connectivity index (χ1) is 11.3. The third kappa shape index (κ3) is 2.99. The molecule has 1 atom stereocenters. The topological polar surface area (TPSA) is 74.7 Å². The van der Waals surface area contributed by atoms with Gasteiger partial charge in [-0.15, -0.1) is 0 Å². The Hall–Kier alpha value is -2.41. The summed E-state index contributed by atoms with van der Waals surface area (Å²) in [7, 11) is -3.33. The first-order valence-electron chi connectivity index (χ1n) is 7.35. The number of benzene rings is 2. The van der Waals surface area contributed by atoms with E-state index in [1.807, 2.05) is 0 Å². The number of sulfone groups is 1. The molecule has 7 heteroatoms. The predicted octanol–water partition coefficient (Wildman–Crippen LogP) is 2.85. The number of hydrogen-bond acceptors (Lipinski definition) is 3.